The second kappa shape index (κ2) is 6.89. The van der Waals surface area contributed by atoms with Crippen molar-refractivity contribution in [2.24, 2.45) is 0 Å². The Balaban J connectivity index is 1.91. The molecule has 1 atom stereocenters. The molecule has 130 valence electrons. The normalized spacial score (nSPS) is 18.0. The van der Waals surface area contributed by atoms with Gasteiger partial charge in [0.25, 0.3) is 5.91 Å². The molecule has 1 unspecified atom stereocenters. The van der Waals surface area contributed by atoms with E-state index in [0.717, 1.165) is 49.0 Å². The van der Waals surface area contributed by atoms with Crippen LogP contribution in [-0.4, -0.2) is 49.9 Å². The van der Waals surface area contributed by atoms with E-state index >= 15 is 0 Å². The first-order valence-corrected chi connectivity index (χ1v) is 8.79. The Hall–Kier alpha value is -1.95. The summed E-state index contributed by atoms with van der Waals surface area (Å²) in [6.07, 6.45) is 5.44. The van der Waals surface area contributed by atoms with Crippen LogP contribution >= 0.6 is 0 Å². The Bertz CT molecular complexity index is 738. The van der Waals surface area contributed by atoms with Gasteiger partial charge in [-0.15, -0.1) is 0 Å². The molecule has 3 heterocycles. The maximum atomic E-state index is 13.0. The fourth-order valence-corrected chi connectivity index (χ4v) is 3.54. The second-order valence-corrected chi connectivity index (χ2v) is 6.88. The molecule has 0 radical (unpaired) electrons. The number of aliphatic hydroxyl groups is 1. The van der Waals surface area contributed by atoms with E-state index in [-0.39, 0.29) is 24.6 Å². The summed E-state index contributed by atoms with van der Waals surface area (Å²) in [7, 11) is 0. The first kappa shape index (κ1) is 16.9. The molecule has 6 nitrogen and oxygen atoms in total. The Labute approximate surface area is 142 Å². The average Bonchev–Trinajstić information content (AvgIpc) is 3.17. The molecule has 1 aliphatic rings. The molecule has 2 aromatic heterocycles. The summed E-state index contributed by atoms with van der Waals surface area (Å²) in [5.41, 5.74) is 2.25. The van der Waals surface area contributed by atoms with Crippen LogP contribution in [0.1, 0.15) is 61.6 Å². The van der Waals surface area contributed by atoms with Crippen molar-refractivity contribution in [2.45, 2.75) is 58.5 Å². The minimum absolute atomic E-state index is 0.0552. The molecule has 1 amide bonds. The molecule has 1 N–H and O–H groups in total. The van der Waals surface area contributed by atoms with E-state index in [1.54, 1.807) is 6.20 Å². The predicted molar refractivity (Wildman–Crippen MR) is 93.0 cm³/mol. The number of pyridine rings is 1. The average molecular weight is 330 g/mol. The maximum absolute atomic E-state index is 13.0. The fraction of sp³-hybridized carbons (Fsp3) is 0.611. The van der Waals surface area contributed by atoms with Crippen molar-refractivity contribution in [3.05, 3.63) is 23.5 Å². The molecule has 2 aromatic rings. The number of aryl methyl sites for hydroxylation is 1. The number of aliphatic hydroxyl groups excluding tert-OH is 1. The third kappa shape index (κ3) is 3.02. The molecule has 24 heavy (non-hydrogen) atoms. The van der Waals surface area contributed by atoms with Gasteiger partial charge in [-0.05, 0) is 52.5 Å². The number of carbonyl (C=O) groups excluding carboxylic acids is 1. The van der Waals surface area contributed by atoms with Gasteiger partial charge >= 0.3 is 0 Å². The van der Waals surface area contributed by atoms with E-state index in [1.165, 1.54) is 0 Å². The SMILES string of the molecule is Cc1nc2c(cnn2C(C)C)cc1C(=O)N1CCCC1CCCO. The Morgan fingerprint density at radius 2 is 2.25 bits per heavy atom. The van der Waals surface area contributed by atoms with Crippen LogP contribution in [0.15, 0.2) is 12.3 Å². The molecule has 0 spiro atoms. The third-order valence-corrected chi connectivity index (χ3v) is 4.81. The number of hydrogen-bond donors (Lipinski definition) is 1. The highest BCUT2D eigenvalue weighted by Crippen LogP contribution is 2.26. The Morgan fingerprint density at radius 1 is 1.46 bits per heavy atom. The van der Waals surface area contributed by atoms with E-state index in [4.69, 9.17) is 5.11 Å². The second-order valence-electron chi connectivity index (χ2n) is 6.88. The number of fused-ring (bicyclic) bond motifs is 1. The highest BCUT2D eigenvalue weighted by Gasteiger charge is 2.30. The number of likely N-dealkylation sites (tertiary alicyclic amines) is 1. The van der Waals surface area contributed by atoms with Crippen LogP contribution < -0.4 is 0 Å². The molecular formula is C18H26N4O2. The number of rotatable bonds is 5. The zero-order valence-corrected chi connectivity index (χ0v) is 14.7. The van der Waals surface area contributed by atoms with E-state index in [0.29, 0.717) is 5.56 Å². The lowest BCUT2D eigenvalue weighted by molar-refractivity contribution is 0.0723. The van der Waals surface area contributed by atoms with Crippen LogP contribution in [0, 0.1) is 6.92 Å². The zero-order valence-electron chi connectivity index (χ0n) is 14.7. The van der Waals surface area contributed by atoms with Gasteiger partial charge in [0.05, 0.1) is 17.5 Å². The van der Waals surface area contributed by atoms with Crippen molar-refractivity contribution < 1.29 is 9.90 Å². The van der Waals surface area contributed by atoms with Crippen molar-refractivity contribution >= 4 is 16.9 Å². The van der Waals surface area contributed by atoms with Crippen LogP contribution in [0.4, 0.5) is 0 Å². The molecule has 1 fully saturated rings. The summed E-state index contributed by atoms with van der Waals surface area (Å²) in [6, 6.07) is 2.39. The standard InChI is InChI=1S/C18H26N4O2/c1-12(2)22-17-14(11-19-22)10-16(13(3)20-17)18(24)21-8-4-6-15(21)7-5-9-23/h10-12,15,23H,4-9H2,1-3H3. The van der Waals surface area contributed by atoms with E-state index in [2.05, 4.69) is 23.9 Å². The summed E-state index contributed by atoms with van der Waals surface area (Å²) < 4.78 is 1.89. The number of aromatic nitrogens is 3. The molecule has 0 saturated carbocycles. The molecule has 0 aliphatic carbocycles. The van der Waals surface area contributed by atoms with Crippen molar-refractivity contribution in [1.82, 2.24) is 19.7 Å². The molecule has 1 saturated heterocycles. The van der Waals surface area contributed by atoms with Gasteiger partial charge in [-0.3, -0.25) is 4.79 Å². The highest BCUT2D eigenvalue weighted by molar-refractivity contribution is 5.98. The first-order valence-electron chi connectivity index (χ1n) is 8.79. The predicted octanol–water partition coefficient (Wildman–Crippen LogP) is 2.70. The third-order valence-electron chi connectivity index (χ3n) is 4.81. The Morgan fingerprint density at radius 3 is 2.96 bits per heavy atom. The lowest BCUT2D eigenvalue weighted by Crippen LogP contribution is -2.36. The van der Waals surface area contributed by atoms with Crippen LogP contribution in [0.2, 0.25) is 0 Å². The molecule has 0 bridgehead atoms. The lowest BCUT2D eigenvalue weighted by Gasteiger charge is -2.25. The van der Waals surface area contributed by atoms with E-state index in [9.17, 15) is 4.79 Å². The number of nitrogens with zero attached hydrogens (tertiary/aromatic N) is 4. The van der Waals surface area contributed by atoms with Crippen LogP contribution in [-0.2, 0) is 0 Å². The molecule has 3 rings (SSSR count). The van der Waals surface area contributed by atoms with Gasteiger partial charge in [-0.2, -0.15) is 5.10 Å². The van der Waals surface area contributed by atoms with Gasteiger partial charge in [-0.25, -0.2) is 9.67 Å². The summed E-state index contributed by atoms with van der Waals surface area (Å²) in [6.45, 7) is 7.00. The topological polar surface area (TPSA) is 71.2 Å². The summed E-state index contributed by atoms with van der Waals surface area (Å²) in [4.78, 5) is 19.6. The summed E-state index contributed by atoms with van der Waals surface area (Å²) >= 11 is 0. The van der Waals surface area contributed by atoms with Gasteiger partial charge in [-0.1, -0.05) is 0 Å². The van der Waals surface area contributed by atoms with Gasteiger partial charge in [0.1, 0.15) is 0 Å². The summed E-state index contributed by atoms with van der Waals surface area (Å²) in [5, 5.41) is 14.4. The number of amides is 1. The molecular weight excluding hydrogens is 304 g/mol. The number of hydrogen-bond acceptors (Lipinski definition) is 4. The quantitative estimate of drug-likeness (QED) is 0.915. The van der Waals surface area contributed by atoms with Crippen molar-refractivity contribution in [3.63, 3.8) is 0 Å². The highest BCUT2D eigenvalue weighted by atomic mass is 16.3. The minimum Gasteiger partial charge on any atom is -0.396 e. The van der Waals surface area contributed by atoms with Gasteiger partial charge in [0.2, 0.25) is 0 Å². The Kier molecular flexibility index (Phi) is 4.85. The molecule has 1 aliphatic heterocycles. The van der Waals surface area contributed by atoms with Gasteiger partial charge < -0.3 is 10.0 Å². The fourth-order valence-electron chi connectivity index (χ4n) is 3.54. The van der Waals surface area contributed by atoms with Crippen LogP contribution in [0.3, 0.4) is 0 Å². The van der Waals surface area contributed by atoms with Gasteiger partial charge in [0.15, 0.2) is 5.65 Å². The van der Waals surface area contributed by atoms with Gasteiger partial charge in [0, 0.05) is 30.6 Å². The molecule has 0 aromatic carbocycles. The van der Waals surface area contributed by atoms with Crippen LogP contribution in [0.25, 0.3) is 11.0 Å². The number of carbonyl (C=O) groups is 1. The van der Waals surface area contributed by atoms with Crippen molar-refractivity contribution in [3.8, 4) is 0 Å². The van der Waals surface area contributed by atoms with Crippen molar-refractivity contribution in [2.75, 3.05) is 13.2 Å². The largest absolute Gasteiger partial charge is 0.396 e. The van der Waals surface area contributed by atoms with E-state index in [1.807, 2.05) is 22.6 Å². The monoisotopic (exact) mass is 330 g/mol. The lowest BCUT2D eigenvalue weighted by atomic mass is 10.1. The van der Waals surface area contributed by atoms with E-state index < -0.39 is 0 Å². The minimum atomic E-state index is 0.0552. The zero-order chi connectivity index (χ0) is 17.3. The van der Waals surface area contributed by atoms with Crippen molar-refractivity contribution in [1.29, 1.82) is 0 Å². The molecule has 6 heteroatoms. The smallest absolute Gasteiger partial charge is 0.255 e. The first-order chi connectivity index (χ1) is 11.5. The van der Waals surface area contributed by atoms with Crippen LogP contribution in [0.5, 0.6) is 0 Å². The maximum Gasteiger partial charge on any atom is 0.255 e. The summed E-state index contributed by atoms with van der Waals surface area (Å²) in [5.74, 6) is 0.0552.